The zero-order chi connectivity index (χ0) is 19.8. The highest BCUT2D eigenvalue weighted by Gasteiger charge is 2.34. The smallest absolute Gasteiger partial charge is 0.257 e. The van der Waals surface area contributed by atoms with Crippen molar-refractivity contribution >= 4 is 5.91 Å². The molecule has 1 aliphatic rings. The topological polar surface area (TPSA) is 66.0 Å². The van der Waals surface area contributed by atoms with Gasteiger partial charge >= 0.3 is 0 Å². The molecule has 1 N–H and O–H groups in total. The normalized spacial score (nSPS) is 15.5. The summed E-state index contributed by atoms with van der Waals surface area (Å²) in [6.07, 6.45) is 1.72. The minimum Gasteiger partial charge on any atom is -0.497 e. The molecular formula is C22H27NO5. The van der Waals surface area contributed by atoms with Gasteiger partial charge in [-0.1, -0.05) is 12.1 Å². The van der Waals surface area contributed by atoms with E-state index in [1.807, 2.05) is 12.1 Å². The molecule has 1 heterocycles. The van der Waals surface area contributed by atoms with E-state index in [4.69, 9.17) is 18.9 Å². The molecule has 0 radical (unpaired) electrons. The highest BCUT2D eigenvalue weighted by Crippen LogP contribution is 2.35. The molecule has 6 heteroatoms. The fourth-order valence-electron chi connectivity index (χ4n) is 3.41. The van der Waals surface area contributed by atoms with Crippen molar-refractivity contribution in [3.05, 3.63) is 54.1 Å². The lowest BCUT2D eigenvalue weighted by molar-refractivity contribution is -0.123. The van der Waals surface area contributed by atoms with Gasteiger partial charge in [0, 0.05) is 25.2 Å². The summed E-state index contributed by atoms with van der Waals surface area (Å²) in [4.78, 5) is 12.3. The Balaban J connectivity index is 1.58. The van der Waals surface area contributed by atoms with Gasteiger partial charge < -0.3 is 24.3 Å². The molecule has 6 nitrogen and oxygen atoms in total. The number of rotatable bonds is 8. The van der Waals surface area contributed by atoms with E-state index < -0.39 is 0 Å². The van der Waals surface area contributed by atoms with E-state index in [9.17, 15) is 4.79 Å². The minimum absolute atomic E-state index is 0.0263. The Morgan fingerprint density at radius 1 is 0.929 bits per heavy atom. The summed E-state index contributed by atoms with van der Waals surface area (Å²) >= 11 is 0. The second-order valence-corrected chi connectivity index (χ2v) is 6.86. The van der Waals surface area contributed by atoms with Gasteiger partial charge in [0.2, 0.25) is 0 Å². The first kappa shape index (κ1) is 20.0. The monoisotopic (exact) mass is 385 g/mol. The van der Waals surface area contributed by atoms with E-state index >= 15 is 0 Å². The number of hydrogen-bond donors (Lipinski definition) is 1. The predicted octanol–water partition coefficient (Wildman–Crippen LogP) is 2.95. The van der Waals surface area contributed by atoms with Crippen LogP contribution in [0, 0.1) is 0 Å². The summed E-state index contributed by atoms with van der Waals surface area (Å²) in [7, 11) is 3.26. The van der Waals surface area contributed by atoms with Crippen molar-refractivity contribution in [3.63, 3.8) is 0 Å². The lowest BCUT2D eigenvalue weighted by Crippen LogP contribution is -2.45. The molecule has 1 amide bonds. The Morgan fingerprint density at radius 2 is 1.46 bits per heavy atom. The third kappa shape index (κ3) is 4.95. The van der Waals surface area contributed by atoms with Crippen LogP contribution in [0.5, 0.6) is 17.2 Å². The second-order valence-electron chi connectivity index (χ2n) is 6.86. The molecule has 1 fully saturated rings. The average Bonchev–Trinajstić information content (AvgIpc) is 2.77. The number of ether oxygens (including phenoxy) is 4. The van der Waals surface area contributed by atoms with Gasteiger partial charge in [-0.05, 0) is 54.8 Å². The minimum atomic E-state index is -0.143. The van der Waals surface area contributed by atoms with Crippen LogP contribution in [-0.4, -0.2) is 46.5 Å². The van der Waals surface area contributed by atoms with Gasteiger partial charge in [0.05, 0.1) is 14.2 Å². The van der Waals surface area contributed by atoms with Crippen LogP contribution in [0.1, 0.15) is 18.4 Å². The van der Waals surface area contributed by atoms with Crippen LogP contribution in [0.15, 0.2) is 48.5 Å². The van der Waals surface area contributed by atoms with Gasteiger partial charge in [0.1, 0.15) is 17.2 Å². The van der Waals surface area contributed by atoms with E-state index in [0.29, 0.717) is 25.5 Å². The average molecular weight is 385 g/mol. The third-order valence-corrected chi connectivity index (χ3v) is 5.21. The van der Waals surface area contributed by atoms with Gasteiger partial charge in [-0.2, -0.15) is 0 Å². The first-order valence-electron chi connectivity index (χ1n) is 9.41. The molecule has 1 saturated heterocycles. The van der Waals surface area contributed by atoms with Crippen LogP contribution in [-0.2, 0) is 14.9 Å². The number of nitrogens with one attached hydrogen (secondary N) is 1. The Kier molecular flexibility index (Phi) is 6.76. The van der Waals surface area contributed by atoms with Gasteiger partial charge in [-0.15, -0.1) is 0 Å². The number of carbonyl (C=O) groups is 1. The SMILES string of the molecule is COc1ccc(OCC(=O)NCC2(c3ccc(OC)cc3)CCOCC2)cc1. The lowest BCUT2D eigenvalue weighted by atomic mass is 9.74. The van der Waals surface area contributed by atoms with E-state index in [1.165, 1.54) is 5.56 Å². The van der Waals surface area contributed by atoms with Crippen molar-refractivity contribution < 1.29 is 23.7 Å². The molecule has 0 aromatic heterocycles. The first-order chi connectivity index (χ1) is 13.6. The molecule has 2 aromatic carbocycles. The summed E-state index contributed by atoms with van der Waals surface area (Å²) in [5.41, 5.74) is 1.05. The third-order valence-electron chi connectivity index (χ3n) is 5.21. The summed E-state index contributed by atoms with van der Waals surface area (Å²) in [5, 5.41) is 3.04. The molecule has 28 heavy (non-hydrogen) atoms. The molecule has 2 aromatic rings. The summed E-state index contributed by atoms with van der Waals surface area (Å²) in [5.74, 6) is 2.06. The first-order valence-corrected chi connectivity index (χ1v) is 9.41. The Hall–Kier alpha value is -2.73. The Morgan fingerprint density at radius 3 is 2.04 bits per heavy atom. The molecule has 0 atom stereocenters. The maximum absolute atomic E-state index is 12.3. The number of amides is 1. The van der Waals surface area contributed by atoms with Crippen molar-refractivity contribution in [2.45, 2.75) is 18.3 Å². The van der Waals surface area contributed by atoms with Crippen LogP contribution >= 0.6 is 0 Å². The Labute approximate surface area is 165 Å². The molecule has 0 saturated carbocycles. The zero-order valence-electron chi connectivity index (χ0n) is 16.4. The molecule has 1 aliphatic heterocycles. The highest BCUT2D eigenvalue weighted by molar-refractivity contribution is 5.77. The van der Waals surface area contributed by atoms with Crippen molar-refractivity contribution in [2.75, 3.05) is 40.6 Å². The van der Waals surface area contributed by atoms with Crippen LogP contribution in [0.4, 0.5) is 0 Å². The lowest BCUT2D eigenvalue weighted by Gasteiger charge is -2.38. The van der Waals surface area contributed by atoms with Crippen molar-refractivity contribution in [2.24, 2.45) is 0 Å². The summed E-state index contributed by atoms with van der Waals surface area (Å²) < 4.78 is 21.5. The van der Waals surface area contributed by atoms with E-state index in [2.05, 4.69) is 17.4 Å². The fourth-order valence-corrected chi connectivity index (χ4v) is 3.41. The van der Waals surface area contributed by atoms with Gasteiger partial charge in [-0.25, -0.2) is 0 Å². The highest BCUT2D eigenvalue weighted by atomic mass is 16.5. The largest absolute Gasteiger partial charge is 0.497 e. The van der Waals surface area contributed by atoms with Crippen LogP contribution < -0.4 is 19.5 Å². The number of carbonyl (C=O) groups excluding carboxylic acids is 1. The van der Waals surface area contributed by atoms with E-state index in [-0.39, 0.29) is 17.9 Å². The van der Waals surface area contributed by atoms with Crippen molar-refractivity contribution in [3.8, 4) is 17.2 Å². The maximum atomic E-state index is 12.3. The zero-order valence-corrected chi connectivity index (χ0v) is 16.4. The van der Waals surface area contributed by atoms with Crippen LogP contribution in [0.2, 0.25) is 0 Å². The van der Waals surface area contributed by atoms with Crippen molar-refractivity contribution in [1.29, 1.82) is 0 Å². The second kappa shape index (κ2) is 9.46. The quantitative estimate of drug-likeness (QED) is 0.757. The standard InChI is InChI=1S/C22H27NO5/c1-25-18-5-3-17(4-6-18)22(11-13-27-14-12-22)16-23-21(24)15-28-20-9-7-19(26-2)8-10-20/h3-10H,11-16H2,1-2H3,(H,23,24). The summed E-state index contributed by atoms with van der Waals surface area (Å²) in [6, 6.07) is 15.2. The molecule has 0 unspecified atom stereocenters. The molecular weight excluding hydrogens is 358 g/mol. The summed E-state index contributed by atoms with van der Waals surface area (Å²) in [6.45, 7) is 1.89. The van der Waals surface area contributed by atoms with E-state index in [0.717, 1.165) is 24.3 Å². The van der Waals surface area contributed by atoms with Gasteiger partial charge in [-0.3, -0.25) is 4.79 Å². The Bertz CT molecular complexity index is 752. The van der Waals surface area contributed by atoms with Crippen LogP contribution in [0.25, 0.3) is 0 Å². The predicted molar refractivity (Wildman–Crippen MR) is 106 cm³/mol. The van der Waals surface area contributed by atoms with Crippen LogP contribution in [0.3, 0.4) is 0 Å². The number of hydrogen-bond acceptors (Lipinski definition) is 5. The maximum Gasteiger partial charge on any atom is 0.257 e. The number of methoxy groups -OCH3 is 2. The van der Waals surface area contributed by atoms with E-state index in [1.54, 1.807) is 38.5 Å². The molecule has 3 rings (SSSR count). The van der Waals surface area contributed by atoms with Crippen molar-refractivity contribution in [1.82, 2.24) is 5.32 Å². The molecule has 0 spiro atoms. The van der Waals surface area contributed by atoms with Gasteiger partial charge in [0.15, 0.2) is 6.61 Å². The molecule has 0 bridgehead atoms. The molecule has 150 valence electrons. The molecule has 0 aliphatic carbocycles. The number of benzene rings is 2. The van der Waals surface area contributed by atoms with Gasteiger partial charge in [0.25, 0.3) is 5.91 Å². The fraction of sp³-hybridized carbons (Fsp3) is 0.409.